The molecule has 0 spiro atoms. The van der Waals surface area contributed by atoms with Crippen molar-refractivity contribution in [2.75, 3.05) is 52.4 Å². The maximum atomic E-state index is 13.7. The monoisotopic (exact) mass is 488 g/mol. The highest BCUT2D eigenvalue weighted by atomic mass is 19.3. The lowest BCUT2D eigenvalue weighted by atomic mass is 9.90. The first-order valence-corrected chi connectivity index (χ1v) is 12.3. The number of halogens is 3. The zero-order valence-corrected chi connectivity index (χ0v) is 19.2. The van der Waals surface area contributed by atoms with E-state index in [1.54, 1.807) is 5.01 Å². The lowest BCUT2D eigenvalue weighted by molar-refractivity contribution is -0.171. The molecule has 0 saturated carbocycles. The zero-order chi connectivity index (χ0) is 24.0. The number of carbonyl (C=O) groups is 2. The number of nitrogens with two attached hydrogens (primary N) is 1. The van der Waals surface area contributed by atoms with E-state index < -0.39 is 37.3 Å². The molecule has 0 bridgehead atoms. The molecule has 2 amide bonds. The molecule has 5 heterocycles. The Labute approximate surface area is 197 Å². The standard InChI is InChI=1S/C21H35F3N8O2/c22-13-7-27-18-16(17(25)29-32(18)9-13)19(33)28-14-8-26-4-1-15(14)30-5-2-12(3-6-30)20(34)31-10-21(23,24)11-31/h12-18,26-27,29H,1-11,25H2,(H,28,33). The normalized spacial score (nSPS) is 39.4. The summed E-state index contributed by atoms with van der Waals surface area (Å²) in [5.74, 6) is -3.84. The number of carbonyl (C=O) groups excluding carboxylic acids is 2. The lowest BCUT2D eigenvalue weighted by Crippen LogP contribution is -2.64. The molecule has 0 radical (unpaired) electrons. The smallest absolute Gasteiger partial charge is 0.282 e. The third-order valence-electron chi connectivity index (χ3n) is 7.90. The number of amides is 2. The van der Waals surface area contributed by atoms with Crippen molar-refractivity contribution in [3.63, 3.8) is 0 Å². The molecule has 34 heavy (non-hydrogen) atoms. The topological polar surface area (TPSA) is 118 Å². The van der Waals surface area contributed by atoms with Crippen LogP contribution < -0.4 is 27.1 Å². The highest BCUT2D eigenvalue weighted by Gasteiger charge is 2.49. The second kappa shape index (κ2) is 9.51. The maximum absolute atomic E-state index is 13.7. The van der Waals surface area contributed by atoms with Crippen LogP contribution in [-0.2, 0) is 9.59 Å². The second-order valence-corrected chi connectivity index (χ2v) is 10.3. The highest BCUT2D eigenvalue weighted by molar-refractivity contribution is 5.81. The van der Waals surface area contributed by atoms with Gasteiger partial charge in [0.05, 0.1) is 37.4 Å². The van der Waals surface area contributed by atoms with Crippen LogP contribution in [0.5, 0.6) is 0 Å². The minimum absolute atomic E-state index is 0.117. The van der Waals surface area contributed by atoms with Crippen LogP contribution in [0.3, 0.4) is 0 Å². The Bertz CT molecular complexity index is 775. The van der Waals surface area contributed by atoms with Crippen LogP contribution in [0.15, 0.2) is 0 Å². The van der Waals surface area contributed by atoms with Gasteiger partial charge in [-0.05, 0) is 38.9 Å². The van der Waals surface area contributed by atoms with Crippen molar-refractivity contribution < 1.29 is 22.8 Å². The number of alkyl halides is 3. The quantitative estimate of drug-likeness (QED) is 0.309. The van der Waals surface area contributed by atoms with Gasteiger partial charge in [-0.2, -0.15) is 0 Å². The van der Waals surface area contributed by atoms with E-state index >= 15 is 0 Å². The molecule has 6 atom stereocenters. The molecule has 192 valence electrons. The van der Waals surface area contributed by atoms with Gasteiger partial charge in [-0.25, -0.2) is 23.6 Å². The minimum atomic E-state index is -2.74. The third-order valence-corrected chi connectivity index (χ3v) is 7.90. The van der Waals surface area contributed by atoms with Crippen molar-refractivity contribution >= 4 is 11.8 Å². The average Bonchev–Trinajstić information content (AvgIpc) is 3.12. The molecule has 5 aliphatic heterocycles. The Morgan fingerprint density at radius 1 is 1.09 bits per heavy atom. The van der Waals surface area contributed by atoms with Crippen LogP contribution in [0.2, 0.25) is 0 Å². The molecule has 13 heteroatoms. The Morgan fingerprint density at radius 3 is 2.53 bits per heavy atom. The van der Waals surface area contributed by atoms with Gasteiger partial charge in [0.25, 0.3) is 5.92 Å². The summed E-state index contributed by atoms with van der Waals surface area (Å²) in [7, 11) is 0. The largest absolute Gasteiger partial charge is 0.350 e. The first-order valence-electron chi connectivity index (χ1n) is 12.3. The molecule has 5 rings (SSSR count). The summed E-state index contributed by atoms with van der Waals surface area (Å²) in [4.78, 5) is 29.4. The zero-order valence-electron chi connectivity index (χ0n) is 19.2. The van der Waals surface area contributed by atoms with Gasteiger partial charge in [0.2, 0.25) is 11.8 Å². The van der Waals surface area contributed by atoms with Crippen molar-refractivity contribution in [2.45, 2.75) is 55.8 Å². The number of nitrogens with zero attached hydrogens (tertiary/aromatic N) is 3. The lowest BCUT2D eigenvalue weighted by Gasteiger charge is -2.45. The number of hydrazine groups is 1. The summed E-state index contributed by atoms with van der Waals surface area (Å²) in [5, 5.41) is 11.3. The summed E-state index contributed by atoms with van der Waals surface area (Å²) >= 11 is 0. The summed E-state index contributed by atoms with van der Waals surface area (Å²) in [6, 6.07) is -0.00726. The molecule has 10 nitrogen and oxygen atoms in total. The SMILES string of the molecule is NC1NN2CC(F)CNC2C1C(=O)NC1CNCCC1N1CCC(C(=O)N2CC(F)(F)C2)CC1. The molecule has 5 fully saturated rings. The number of piperidine rings is 2. The van der Waals surface area contributed by atoms with E-state index in [1.165, 1.54) is 4.90 Å². The number of hydrogen-bond acceptors (Lipinski definition) is 8. The Balaban J connectivity index is 1.16. The van der Waals surface area contributed by atoms with Crippen LogP contribution >= 0.6 is 0 Å². The average molecular weight is 489 g/mol. The minimum Gasteiger partial charge on any atom is -0.350 e. The van der Waals surface area contributed by atoms with E-state index in [1.807, 2.05) is 0 Å². The van der Waals surface area contributed by atoms with E-state index in [0.717, 1.165) is 13.0 Å². The van der Waals surface area contributed by atoms with Gasteiger partial charge >= 0.3 is 0 Å². The van der Waals surface area contributed by atoms with Crippen molar-refractivity contribution in [1.29, 1.82) is 0 Å². The Morgan fingerprint density at radius 2 is 1.82 bits per heavy atom. The molecule has 5 aliphatic rings. The van der Waals surface area contributed by atoms with E-state index in [4.69, 9.17) is 5.73 Å². The molecular formula is C21H35F3N8O2. The summed E-state index contributed by atoms with van der Waals surface area (Å²) in [6.07, 6.45) is 0.148. The van der Waals surface area contributed by atoms with Crippen LogP contribution in [0.25, 0.3) is 0 Å². The van der Waals surface area contributed by atoms with Crippen molar-refractivity contribution in [1.82, 2.24) is 36.2 Å². The maximum Gasteiger partial charge on any atom is 0.282 e. The number of fused-ring (bicyclic) bond motifs is 1. The molecule has 5 saturated heterocycles. The number of likely N-dealkylation sites (tertiary alicyclic amines) is 2. The first-order chi connectivity index (χ1) is 16.2. The summed E-state index contributed by atoms with van der Waals surface area (Å²) in [5.41, 5.74) is 9.19. The van der Waals surface area contributed by atoms with Crippen LogP contribution in [0, 0.1) is 11.8 Å². The van der Waals surface area contributed by atoms with E-state index in [0.29, 0.717) is 32.5 Å². The predicted molar refractivity (Wildman–Crippen MR) is 117 cm³/mol. The summed E-state index contributed by atoms with van der Waals surface area (Å²) < 4.78 is 40.0. The van der Waals surface area contributed by atoms with Crippen molar-refractivity contribution in [3.8, 4) is 0 Å². The molecule has 6 unspecified atom stereocenters. The number of hydrogen-bond donors (Lipinski definition) is 5. The van der Waals surface area contributed by atoms with Gasteiger partial charge in [-0.15, -0.1) is 0 Å². The van der Waals surface area contributed by atoms with Gasteiger partial charge in [0, 0.05) is 31.6 Å². The van der Waals surface area contributed by atoms with E-state index in [-0.39, 0.29) is 49.1 Å². The Kier molecular flexibility index (Phi) is 6.77. The summed E-state index contributed by atoms with van der Waals surface area (Å²) in [6.45, 7) is 2.29. The molecular weight excluding hydrogens is 453 g/mol. The molecule has 0 aromatic rings. The van der Waals surface area contributed by atoms with Gasteiger partial charge in [0.1, 0.15) is 6.17 Å². The number of rotatable bonds is 4. The third kappa shape index (κ3) is 4.78. The van der Waals surface area contributed by atoms with Gasteiger partial charge < -0.3 is 21.3 Å². The van der Waals surface area contributed by atoms with Crippen LogP contribution in [0.1, 0.15) is 19.3 Å². The number of nitrogens with one attached hydrogen (secondary N) is 4. The second-order valence-electron chi connectivity index (χ2n) is 10.3. The fourth-order valence-electron chi connectivity index (χ4n) is 6.09. The molecule has 0 aliphatic carbocycles. The fraction of sp³-hybridized carbons (Fsp3) is 0.905. The van der Waals surface area contributed by atoms with Crippen LogP contribution in [-0.4, -0.2) is 115 Å². The first kappa shape index (κ1) is 24.2. The van der Waals surface area contributed by atoms with Crippen molar-refractivity contribution in [2.24, 2.45) is 17.6 Å². The van der Waals surface area contributed by atoms with Gasteiger partial charge in [-0.3, -0.25) is 19.8 Å². The molecule has 0 aromatic heterocycles. The van der Waals surface area contributed by atoms with Crippen molar-refractivity contribution in [3.05, 3.63) is 0 Å². The fourth-order valence-corrected chi connectivity index (χ4v) is 6.09. The highest BCUT2D eigenvalue weighted by Crippen LogP contribution is 2.31. The Hall–Kier alpha value is -1.51. The molecule has 6 N–H and O–H groups in total. The predicted octanol–water partition coefficient (Wildman–Crippen LogP) is -1.99. The van der Waals surface area contributed by atoms with Gasteiger partial charge in [0.15, 0.2) is 0 Å². The van der Waals surface area contributed by atoms with E-state index in [9.17, 15) is 22.8 Å². The van der Waals surface area contributed by atoms with E-state index in [2.05, 4.69) is 26.3 Å². The van der Waals surface area contributed by atoms with Crippen LogP contribution in [0.4, 0.5) is 13.2 Å². The van der Waals surface area contributed by atoms with Gasteiger partial charge in [-0.1, -0.05) is 0 Å². The molecule has 0 aromatic carbocycles.